The van der Waals surface area contributed by atoms with Crippen molar-refractivity contribution in [3.05, 3.63) is 65.9 Å². The van der Waals surface area contributed by atoms with Gasteiger partial charge in [0.15, 0.2) is 29.9 Å². The van der Waals surface area contributed by atoms with Crippen LogP contribution in [0.2, 0.25) is 0 Å². The van der Waals surface area contributed by atoms with Crippen LogP contribution in [0.5, 0.6) is 0 Å². The molecule has 4 unspecified atom stereocenters. The monoisotopic (exact) mass is 444 g/mol. The highest BCUT2D eigenvalue weighted by atomic mass is 32.2. The average molecular weight is 444 g/mol. The number of hydrogen-bond acceptors (Lipinski definition) is 9. The minimum Gasteiger partial charge on any atom is -0.397 e. The number of rotatable bonds is 5. The first-order chi connectivity index (χ1) is 14.3. The summed E-state index contributed by atoms with van der Waals surface area (Å²) in [5, 5.41) is 31.5. The number of benzene rings is 1. The molecule has 0 radical (unpaired) electrons. The zero-order chi connectivity index (χ0) is 21.8. The Bertz CT molecular complexity index is 885. The van der Waals surface area contributed by atoms with Crippen molar-refractivity contribution in [1.82, 2.24) is 15.4 Å². The van der Waals surface area contributed by atoms with E-state index in [1.165, 1.54) is 0 Å². The molecular weight excluding hydrogens is 425 g/mol. The molecule has 1 fully saturated rings. The van der Waals surface area contributed by atoms with Crippen molar-refractivity contribution in [1.29, 1.82) is 0 Å². The van der Waals surface area contributed by atoms with Crippen molar-refractivity contribution < 1.29 is 33.2 Å². The maximum absolute atomic E-state index is 13.5. The smallest absolute Gasteiger partial charge is 0.194 e. The van der Waals surface area contributed by atoms with Gasteiger partial charge in [0, 0.05) is 29.1 Å². The molecule has 2 heterocycles. The van der Waals surface area contributed by atoms with E-state index in [0.29, 0.717) is 17.0 Å². The molecule has 1 aliphatic rings. The van der Waals surface area contributed by atoms with Crippen LogP contribution in [0.1, 0.15) is 5.56 Å². The highest BCUT2D eigenvalue weighted by molar-refractivity contribution is 7.99. The Kier molecular flexibility index (Phi) is 7.18. The number of halogens is 3. The van der Waals surface area contributed by atoms with Gasteiger partial charge in [-0.3, -0.25) is 9.99 Å². The molecule has 1 aromatic carbocycles. The molecule has 12 heteroatoms. The van der Waals surface area contributed by atoms with Crippen LogP contribution in [-0.2, 0) is 4.74 Å². The summed E-state index contributed by atoms with van der Waals surface area (Å²) in [7, 11) is 0. The number of ether oxygens (including phenoxy) is 1. The molecule has 30 heavy (non-hydrogen) atoms. The van der Waals surface area contributed by atoms with Crippen LogP contribution in [0, 0.1) is 17.5 Å². The van der Waals surface area contributed by atoms with Gasteiger partial charge >= 0.3 is 0 Å². The van der Waals surface area contributed by atoms with E-state index in [1.54, 1.807) is 24.5 Å². The van der Waals surface area contributed by atoms with E-state index in [0.717, 1.165) is 23.0 Å². The Balaban J connectivity index is 1.85. The Morgan fingerprint density at radius 3 is 2.47 bits per heavy atom. The molecule has 6 N–H and O–H groups in total. The number of aliphatic hydroxyl groups excluding tert-OH is 3. The predicted octanol–water partition coefficient (Wildman–Crippen LogP) is 0.709. The Hall–Kier alpha value is -2.35. The topological polar surface area (TPSA) is 124 Å². The van der Waals surface area contributed by atoms with Gasteiger partial charge in [-0.2, -0.15) is 0 Å². The fourth-order valence-electron chi connectivity index (χ4n) is 2.63. The number of hydrazine groups is 1. The highest BCUT2D eigenvalue weighted by Crippen LogP contribution is 2.29. The standard InChI is InChI=1S/C18H19F3N4O4S/c19-11-5-9(6-12(20)15(11)21)13(22)7-25-17(28)14(8-26)29-18(16(27)24-25)30-10-1-3-23-4-2-10/h1-7,14,16-18,24,26-28H,8,22H2/b13-7-. The first-order valence-corrected chi connectivity index (χ1v) is 9.54. The minimum absolute atomic E-state index is 0.191. The van der Waals surface area contributed by atoms with Gasteiger partial charge in [-0.05, 0) is 24.3 Å². The number of pyridine rings is 1. The molecule has 8 nitrogen and oxygen atoms in total. The summed E-state index contributed by atoms with van der Waals surface area (Å²) in [6.07, 6.45) is 0.0778. The van der Waals surface area contributed by atoms with Crippen LogP contribution in [0.4, 0.5) is 13.2 Å². The Labute approximate surface area is 173 Å². The molecule has 4 atom stereocenters. The van der Waals surface area contributed by atoms with Gasteiger partial charge in [0.05, 0.1) is 12.3 Å². The summed E-state index contributed by atoms with van der Waals surface area (Å²) in [6, 6.07) is 4.74. The molecule has 0 aliphatic carbocycles. The maximum atomic E-state index is 13.5. The number of nitrogens with one attached hydrogen (secondary N) is 1. The van der Waals surface area contributed by atoms with Gasteiger partial charge in [0.25, 0.3) is 0 Å². The molecule has 1 aromatic heterocycles. The second kappa shape index (κ2) is 9.64. The van der Waals surface area contributed by atoms with Crippen molar-refractivity contribution in [2.75, 3.05) is 6.61 Å². The van der Waals surface area contributed by atoms with E-state index in [9.17, 15) is 28.5 Å². The van der Waals surface area contributed by atoms with E-state index in [1.807, 2.05) is 0 Å². The van der Waals surface area contributed by atoms with Gasteiger partial charge in [-0.15, -0.1) is 0 Å². The van der Waals surface area contributed by atoms with Crippen molar-refractivity contribution in [3.63, 3.8) is 0 Å². The highest BCUT2D eigenvalue weighted by Gasteiger charge is 2.36. The third-order valence-corrected chi connectivity index (χ3v) is 5.29. The van der Waals surface area contributed by atoms with E-state index in [2.05, 4.69) is 10.4 Å². The fourth-order valence-corrected chi connectivity index (χ4v) is 3.56. The Morgan fingerprint density at radius 1 is 1.23 bits per heavy atom. The quantitative estimate of drug-likeness (QED) is 0.424. The number of hydrogen-bond donors (Lipinski definition) is 5. The third-order valence-electron chi connectivity index (χ3n) is 4.14. The zero-order valence-electron chi connectivity index (χ0n) is 15.3. The first-order valence-electron chi connectivity index (χ1n) is 8.66. The van der Waals surface area contributed by atoms with Gasteiger partial charge in [0.1, 0.15) is 11.5 Å². The average Bonchev–Trinajstić information content (AvgIpc) is 2.84. The predicted molar refractivity (Wildman–Crippen MR) is 101 cm³/mol. The summed E-state index contributed by atoms with van der Waals surface area (Å²) in [6.45, 7) is -0.604. The van der Waals surface area contributed by atoms with E-state index in [4.69, 9.17) is 10.5 Å². The van der Waals surface area contributed by atoms with E-state index in [-0.39, 0.29) is 11.3 Å². The molecule has 3 rings (SSSR count). The molecule has 0 bridgehead atoms. The van der Waals surface area contributed by atoms with Crippen molar-refractivity contribution in [2.24, 2.45) is 5.73 Å². The normalized spacial score (nSPS) is 25.3. The van der Waals surface area contributed by atoms with Gasteiger partial charge in [-0.1, -0.05) is 11.8 Å². The van der Waals surface area contributed by atoms with Gasteiger partial charge in [-0.25, -0.2) is 18.6 Å². The maximum Gasteiger partial charge on any atom is 0.194 e. The summed E-state index contributed by atoms with van der Waals surface area (Å²) in [5.74, 6) is -4.51. The van der Waals surface area contributed by atoms with Crippen LogP contribution >= 0.6 is 11.8 Å². The van der Waals surface area contributed by atoms with E-state index < -0.39 is 48.1 Å². The minimum atomic E-state index is -1.64. The van der Waals surface area contributed by atoms with Gasteiger partial charge < -0.3 is 25.8 Å². The Morgan fingerprint density at radius 2 is 1.87 bits per heavy atom. The number of nitrogens with zero attached hydrogens (tertiary/aromatic N) is 2. The summed E-state index contributed by atoms with van der Waals surface area (Å²) in [4.78, 5) is 4.60. The SMILES string of the molecule is N/C(=C\N1NC(O)C(Sc2ccncc2)OC(CO)C1O)c1cc(F)c(F)c(F)c1. The molecular formula is C18H19F3N4O4S. The van der Waals surface area contributed by atoms with Crippen molar-refractivity contribution in [2.45, 2.75) is 28.9 Å². The molecule has 0 amide bonds. The molecule has 162 valence electrons. The zero-order valence-corrected chi connectivity index (χ0v) is 16.1. The lowest BCUT2D eigenvalue weighted by Crippen LogP contribution is -2.50. The van der Waals surface area contributed by atoms with Crippen LogP contribution in [0.15, 0.2) is 47.8 Å². The lowest BCUT2D eigenvalue weighted by molar-refractivity contribution is -0.107. The third kappa shape index (κ3) is 5.03. The molecule has 0 saturated carbocycles. The summed E-state index contributed by atoms with van der Waals surface area (Å²) < 4.78 is 45.7. The second-order valence-electron chi connectivity index (χ2n) is 6.26. The molecule has 1 saturated heterocycles. The lowest BCUT2D eigenvalue weighted by atomic mass is 10.1. The van der Waals surface area contributed by atoms with Crippen LogP contribution in [0.25, 0.3) is 5.70 Å². The lowest BCUT2D eigenvalue weighted by Gasteiger charge is -2.28. The molecule has 2 aromatic rings. The van der Waals surface area contributed by atoms with Crippen molar-refractivity contribution in [3.8, 4) is 0 Å². The number of nitrogens with two attached hydrogens (primary N) is 1. The largest absolute Gasteiger partial charge is 0.397 e. The van der Waals surface area contributed by atoms with Crippen LogP contribution in [0.3, 0.4) is 0 Å². The van der Waals surface area contributed by atoms with Gasteiger partial charge in [0.2, 0.25) is 0 Å². The molecule has 1 aliphatic heterocycles. The second-order valence-corrected chi connectivity index (χ2v) is 7.43. The van der Waals surface area contributed by atoms with Crippen molar-refractivity contribution >= 4 is 17.5 Å². The first kappa shape index (κ1) is 22.3. The summed E-state index contributed by atoms with van der Waals surface area (Å²) in [5.41, 5.74) is 7.00. The number of thioether (sulfide) groups is 1. The van der Waals surface area contributed by atoms with E-state index >= 15 is 0 Å². The summed E-state index contributed by atoms with van der Waals surface area (Å²) >= 11 is 1.11. The van der Waals surface area contributed by atoms with Crippen LogP contribution < -0.4 is 11.2 Å². The number of aromatic nitrogens is 1. The molecule has 0 spiro atoms. The fraction of sp³-hybridized carbons (Fsp3) is 0.278. The number of aliphatic hydroxyl groups is 3. The van der Waals surface area contributed by atoms with Crippen LogP contribution in [-0.4, -0.2) is 55.9 Å².